The summed E-state index contributed by atoms with van der Waals surface area (Å²) in [4.78, 5) is 23.4. The molecule has 0 bridgehead atoms. The van der Waals surface area contributed by atoms with Gasteiger partial charge in [-0.3, -0.25) is 9.59 Å². The van der Waals surface area contributed by atoms with Crippen molar-refractivity contribution in [2.24, 2.45) is 0 Å². The number of hydrogen-bond donors (Lipinski definition) is 0. The number of hydrogen-bond acceptors (Lipinski definition) is 4. The fourth-order valence-corrected chi connectivity index (χ4v) is 4.56. The Labute approximate surface area is 227 Å². The largest absolute Gasteiger partial charge is 0.457 e. The van der Waals surface area contributed by atoms with Crippen LogP contribution in [0, 0.1) is 27.7 Å². The summed E-state index contributed by atoms with van der Waals surface area (Å²) < 4.78 is 11.5. The number of Topliss-reactive ketones (excluding diaryl/α,β-unsaturated/α-hetero) is 2. The molecule has 0 spiro atoms. The first-order valence-corrected chi connectivity index (χ1v) is 13.1. The van der Waals surface area contributed by atoms with E-state index < -0.39 is 0 Å². The highest BCUT2D eigenvalue weighted by Crippen LogP contribution is 2.28. The Balaban J connectivity index is 0.000000206. The van der Waals surface area contributed by atoms with Crippen molar-refractivity contribution < 1.29 is 19.1 Å². The van der Waals surface area contributed by atoms with Crippen LogP contribution in [0.1, 0.15) is 49.9 Å². The smallest absolute Gasteiger partial charge is 0.173 e. The number of carbonyl (C=O) groups is 2. The second-order valence-corrected chi connectivity index (χ2v) is 9.37. The summed E-state index contributed by atoms with van der Waals surface area (Å²) >= 11 is 3.21. The third-order valence-electron chi connectivity index (χ3n) is 5.72. The Morgan fingerprint density at radius 2 is 0.946 bits per heavy atom. The summed E-state index contributed by atoms with van der Waals surface area (Å²) in [5, 5.41) is 0.341. The molecule has 0 aliphatic rings. The molecular formula is C32H31BrO4. The molecule has 0 aliphatic heterocycles. The third-order valence-corrected chi connectivity index (χ3v) is 6.23. The fraction of sp³-hybridized carbons (Fsp3) is 0.188. The van der Waals surface area contributed by atoms with Gasteiger partial charge in [0.1, 0.15) is 23.0 Å². The number of ketones is 2. The topological polar surface area (TPSA) is 52.6 Å². The number of para-hydroxylation sites is 2. The van der Waals surface area contributed by atoms with E-state index in [1.54, 1.807) is 6.92 Å². The van der Waals surface area contributed by atoms with Gasteiger partial charge in [-0.1, -0.05) is 52.3 Å². The Kier molecular flexibility index (Phi) is 9.81. The highest BCUT2D eigenvalue weighted by molar-refractivity contribution is 9.09. The maximum atomic E-state index is 11.8. The van der Waals surface area contributed by atoms with Crippen LogP contribution >= 0.6 is 15.9 Å². The lowest BCUT2D eigenvalue weighted by molar-refractivity contribution is 0.101. The van der Waals surface area contributed by atoms with Crippen LogP contribution in [-0.2, 0) is 0 Å². The van der Waals surface area contributed by atoms with Gasteiger partial charge >= 0.3 is 0 Å². The first-order chi connectivity index (χ1) is 17.7. The summed E-state index contributed by atoms with van der Waals surface area (Å²) in [7, 11) is 0. The molecule has 0 aromatic heterocycles. The number of halogens is 1. The molecule has 0 amide bonds. The molecule has 4 rings (SSSR count). The molecule has 5 heteroatoms. The van der Waals surface area contributed by atoms with Crippen LogP contribution in [0.5, 0.6) is 23.0 Å². The summed E-state index contributed by atoms with van der Waals surface area (Å²) in [6.45, 7) is 9.32. The molecule has 4 aromatic carbocycles. The van der Waals surface area contributed by atoms with Gasteiger partial charge in [-0.15, -0.1) is 0 Å². The zero-order valence-corrected chi connectivity index (χ0v) is 23.4. The zero-order valence-electron chi connectivity index (χ0n) is 21.8. The molecule has 0 fully saturated rings. The molecule has 190 valence electrons. The minimum absolute atomic E-state index is 0.0938. The highest BCUT2D eigenvalue weighted by Gasteiger charge is 2.13. The van der Waals surface area contributed by atoms with Crippen molar-refractivity contribution >= 4 is 27.5 Å². The first-order valence-electron chi connectivity index (χ1n) is 12.0. The van der Waals surface area contributed by atoms with Crippen molar-refractivity contribution in [2.75, 3.05) is 5.33 Å². The standard InChI is InChI=1S/C16H15BrO2.C16H16O2/c1-11-8-14(19-13-6-4-3-5-7-13)9-12(2)16(11)15(18)10-17;1-11-9-15(10-12(2)16(11)13(3)17)18-14-7-5-4-6-8-14/h3-9H,10H2,1-2H3;4-10H,1-3H3. The van der Waals surface area contributed by atoms with Crippen molar-refractivity contribution in [3.8, 4) is 23.0 Å². The van der Waals surface area contributed by atoms with Gasteiger partial charge in [0.25, 0.3) is 0 Å². The van der Waals surface area contributed by atoms with Gasteiger partial charge < -0.3 is 9.47 Å². The monoisotopic (exact) mass is 558 g/mol. The van der Waals surface area contributed by atoms with E-state index in [-0.39, 0.29) is 11.6 Å². The van der Waals surface area contributed by atoms with E-state index in [1.807, 2.05) is 113 Å². The molecule has 4 aromatic rings. The summed E-state index contributed by atoms with van der Waals surface area (Å²) in [6, 6.07) is 26.8. The first kappa shape index (κ1) is 27.9. The third kappa shape index (κ3) is 7.64. The van der Waals surface area contributed by atoms with Gasteiger partial charge in [-0.05, 0) is 105 Å². The molecule has 0 saturated heterocycles. The van der Waals surface area contributed by atoms with Crippen molar-refractivity contribution in [1.82, 2.24) is 0 Å². The van der Waals surface area contributed by atoms with Gasteiger partial charge in [-0.25, -0.2) is 0 Å². The summed E-state index contributed by atoms with van der Waals surface area (Å²) in [6.07, 6.45) is 0. The number of ether oxygens (including phenoxy) is 2. The van der Waals surface area contributed by atoms with E-state index in [2.05, 4.69) is 15.9 Å². The minimum Gasteiger partial charge on any atom is -0.457 e. The molecule has 0 saturated carbocycles. The molecule has 0 radical (unpaired) electrons. The Morgan fingerprint density at radius 1 is 0.595 bits per heavy atom. The molecule has 37 heavy (non-hydrogen) atoms. The van der Waals surface area contributed by atoms with Crippen molar-refractivity contribution in [3.63, 3.8) is 0 Å². The van der Waals surface area contributed by atoms with Crippen LogP contribution < -0.4 is 9.47 Å². The van der Waals surface area contributed by atoms with Crippen LogP contribution in [0.2, 0.25) is 0 Å². The average Bonchev–Trinajstić information content (AvgIpc) is 2.84. The number of carbonyl (C=O) groups excluding carboxylic acids is 2. The van der Waals surface area contributed by atoms with E-state index in [9.17, 15) is 9.59 Å². The second-order valence-electron chi connectivity index (χ2n) is 8.81. The number of alkyl halides is 1. The van der Waals surface area contributed by atoms with Gasteiger partial charge in [0.15, 0.2) is 11.6 Å². The Bertz CT molecular complexity index is 1330. The van der Waals surface area contributed by atoms with Crippen molar-refractivity contribution in [1.29, 1.82) is 0 Å². The second kappa shape index (κ2) is 13.0. The quantitative estimate of drug-likeness (QED) is 0.168. The van der Waals surface area contributed by atoms with Crippen molar-refractivity contribution in [3.05, 3.63) is 118 Å². The van der Waals surface area contributed by atoms with E-state index >= 15 is 0 Å². The molecule has 0 aliphatic carbocycles. The molecule has 0 N–H and O–H groups in total. The number of rotatable bonds is 7. The molecular weight excluding hydrogens is 528 g/mol. The van der Waals surface area contributed by atoms with Crippen LogP contribution in [0.25, 0.3) is 0 Å². The van der Waals surface area contributed by atoms with Crippen molar-refractivity contribution in [2.45, 2.75) is 34.6 Å². The van der Waals surface area contributed by atoms with Crippen LogP contribution in [-0.4, -0.2) is 16.9 Å². The predicted octanol–water partition coefficient (Wildman–Crippen LogP) is 8.97. The maximum absolute atomic E-state index is 11.8. The lowest BCUT2D eigenvalue weighted by atomic mass is 9.99. The zero-order chi connectivity index (χ0) is 26.9. The summed E-state index contributed by atoms with van der Waals surface area (Å²) in [5.74, 6) is 3.30. The van der Waals surface area contributed by atoms with E-state index in [1.165, 1.54) is 0 Å². The van der Waals surface area contributed by atoms with Crippen LogP contribution in [0.3, 0.4) is 0 Å². The molecule has 0 unspecified atom stereocenters. The lowest BCUT2D eigenvalue weighted by Crippen LogP contribution is -2.05. The van der Waals surface area contributed by atoms with Gasteiger partial charge in [-0.2, -0.15) is 0 Å². The van der Waals surface area contributed by atoms with Gasteiger partial charge in [0.05, 0.1) is 5.33 Å². The normalized spacial score (nSPS) is 10.2. The predicted molar refractivity (Wildman–Crippen MR) is 153 cm³/mol. The Hall–Kier alpha value is -3.70. The molecule has 4 nitrogen and oxygen atoms in total. The van der Waals surface area contributed by atoms with Gasteiger partial charge in [0.2, 0.25) is 0 Å². The molecule has 0 heterocycles. The number of aryl methyl sites for hydroxylation is 4. The summed E-state index contributed by atoms with van der Waals surface area (Å²) in [5.41, 5.74) is 5.35. The minimum atomic E-state index is 0.0938. The number of benzene rings is 4. The highest BCUT2D eigenvalue weighted by atomic mass is 79.9. The van der Waals surface area contributed by atoms with E-state index in [0.717, 1.165) is 56.4 Å². The van der Waals surface area contributed by atoms with Crippen LogP contribution in [0.4, 0.5) is 0 Å². The SMILES string of the molecule is CC(=O)c1c(C)cc(Oc2ccccc2)cc1C.Cc1cc(Oc2ccccc2)cc(C)c1C(=O)CBr. The van der Waals surface area contributed by atoms with E-state index in [4.69, 9.17) is 9.47 Å². The van der Waals surface area contributed by atoms with Gasteiger partial charge in [0, 0.05) is 11.1 Å². The fourth-order valence-electron chi connectivity index (χ4n) is 4.28. The maximum Gasteiger partial charge on any atom is 0.173 e. The lowest BCUT2D eigenvalue weighted by Gasteiger charge is -2.12. The molecule has 0 atom stereocenters. The van der Waals surface area contributed by atoms with Crippen LogP contribution in [0.15, 0.2) is 84.9 Å². The average molecular weight is 560 g/mol. The van der Waals surface area contributed by atoms with E-state index in [0.29, 0.717) is 5.33 Å². The Morgan fingerprint density at radius 3 is 1.27 bits per heavy atom.